The summed E-state index contributed by atoms with van der Waals surface area (Å²) in [5.74, 6) is -0.450. The maximum Gasteiger partial charge on any atom is 0.232 e. The molecule has 74 valence electrons. The molecule has 1 fully saturated rings. The minimum atomic E-state index is -0.238. The van der Waals surface area contributed by atoms with Gasteiger partial charge in [-0.15, -0.1) is 0 Å². The summed E-state index contributed by atoms with van der Waals surface area (Å²) in [6.45, 7) is 2.55. The number of nitrogens with one attached hydrogen (secondary N) is 1. The lowest BCUT2D eigenvalue weighted by Gasteiger charge is -2.20. The third-order valence-corrected chi connectivity index (χ3v) is 1.94. The van der Waals surface area contributed by atoms with Crippen molar-refractivity contribution in [3.05, 3.63) is 0 Å². The molecule has 0 saturated carbocycles. The molecule has 1 rings (SSSR count). The molecule has 1 atom stereocenters. The van der Waals surface area contributed by atoms with Crippen LogP contribution in [0.4, 0.5) is 0 Å². The van der Waals surface area contributed by atoms with E-state index in [2.05, 4.69) is 5.32 Å². The SMILES string of the molecule is CC1CN(CCO)C(=O)CC(=O)N1. The van der Waals surface area contributed by atoms with E-state index < -0.39 is 0 Å². The average molecular weight is 186 g/mol. The second-order valence-corrected chi connectivity index (χ2v) is 3.21. The smallest absolute Gasteiger partial charge is 0.232 e. The quantitative estimate of drug-likeness (QED) is 0.527. The van der Waals surface area contributed by atoms with E-state index in [1.54, 1.807) is 0 Å². The Morgan fingerprint density at radius 2 is 2.31 bits per heavy atom. The lowest BCUT2D eigenvalue weighted by molar-refractivity contribution is -0.134. The molecule has 1 heterocycles. The number of nitrogens with zero attached hydrogens (tertiary/aromatic N) is 1. The van der Waals surface area contributed by atoms with Gasteiger partial charge in [0.05, 0.1) is 6.61 Å². The minimum Gasteiger partial charge on any atom is -0.395 e. The Hall–Kier alpha value is -1.10. The second-order valence-electron chi connectivity index (χ2n) is 3.21. The van der Waals surface area contributed by atoms with Gasteiger partial charge in [-0.3, -0.25) is 9.59 Å². The predicted molar refractivity (Wildman–Crippen MR) is 45.9 cm³/mol. The molecule has 1 saturated heterocycles. The Balaban J connectivity index is 2.62. The van der Waals surface area contributed by atoms with Gasteiger partial charge in [-0.1, -0.05) is 0 Å². The Labute approximate surface area is 76.7 Å². The molecule has 5 nitrogen and oxygen atoms in total. The predicted octanol–water partition coefficient (Wildman–Crippen LogP) is -1.28. The zero-order valence-electron chi connectivity index (χ0n) is 7.62. The summed E-state index contributed by atoms with van der Waals surface area (Å²) in [6, 6.07) is -0.0366. The van der Waals surface area contributed by atoms with Crippen molar-refractivity contribution in [2.24, 2.45) is 0 Å². The van der Waals surface area contributed by atoms with Gasteiger partial charge >= 0.3 is 0 Å². The summed E-state index contributed by atoms with van der Waals surface area (Å²) in [4.78, 5) is 23.8. The standard InChI is InChI=1S/C8H14N2O3/c1-6-5-10(2-3-11)8(13)4-7(12)9-6/h6,11H,2-5H2,1H3,(H,9,12). The van der Waals surface area contributed by atoms with E-state index in [1.165, 1.54) is 4.90 Å². The number of amides is 2. The molecule has 0 spiro atoms. The lowest BCUT2D eigenvalue weighted by Crippen LogP contribution is -2.39. The molecule has 1 aliphatic heterocycles. The van der Waals surface area contributed by atoms with Crippen LogP contribution in [-0.2, 0) is 9.59 Å². The maximum absolute atomic E-state index is 11.3. The lowest BCUT2D eigenvalue weighted by atomic mass is 10.3. The van der Waals surface area contributed by atoms with E-state index in [-0.39, 0.29) is 30.9 Å². The fraction of sp³-hybridized carbons (Fsp3) is 0.750. The van der Waals surface area contributed by atoms with Gasteiger partial charge in [-0.2, -0.15) is 0 Å². The summed E-state index contributed by atoms with van der Waals surface area (Å²) in [6.07, 6.45) is -0.107. The fourth-order valence-electron chi connectivity index (χ4n) is 1.39. The van der Waals surface area contributed by atoms with Gasteiger partial charge in [0, 0.05) is 19.1 Å². The van der Waals surface area contributed by atoms with Gasteiger partial charge in [0.1, 0.15) is 6.42 Å². The van der Waals surface area contributed by atoms with Crippen molar-refractivity contribution < 1.29 is 14.7 Å². The van der Waals surface area contributed by atoms with Crippen molar-refractivity contribution in [2.75, 3.05) is 19.7 Å². The molecular formula is C8H14N2O3. The van der Waals surface area contributed by atoms with Crippen molar-refractivity contribution in [3.8, 4) is 0 Å². The molecule has 2 amide bonds. The van der Waals surface area contributed by atoms with Crippen molar-refractivity contribution in [1.29, 1.82) is 0 Å². The van der Waals surface area contributed by atoms with E-state index in [0.717, 1.165) is 0 Å². The molecule has 0 bridgehead atoms. The highest BCUT2D eigenvalue weighted by Crippen LogP contribution is 2.02. The van der Waals surface area contributed by atoms with Crippen LogP contribution in [0.15, 0.2) is 0 Å². The first kappa shape index (κ1) is 9.98. The molecule has 0 aromatic heterocycles. The Morgan fingerprint density at radius 1 is 1.62 bits per heavy atom. The molecular weight excluding hydrogens is 172 g/mol. The monoisotopic (exact) mass is 186 g/mol. The normalized spacial score (nSPS) is 24.2. The summed E-state index contributed by atoms with van der Waals surface area (Å²) < 4.78 is 0. The van der Waals surface area contributed by atoms with Crippen molar-refractivity contribution in [2.45, 2.75) is 19.4 Å². The maximum atomic E-state index is 11.3. The zero-order valence-corrected chi connectivity index (χ0v) is 7.62. The van der Waals surface area contributed by atoms with E-state index in [9.17, 15) is 9.59 Å². The van der Waals surface area contributed by atoms with E-state index in [1.807, 2.05) is 6.92 Å². The average Bonchev–Trinajstić information content (AvgIpc) is 2.12. The Bertz CT molecular complexity index is 217. The molecule has 2 N–H and O–H groups in total. The van der Waals surface area contributed by atoms with Crippen LogP contribution in [0.2, 0.25) is 0 Å². The van der Waals surface area contributed by atoms with Crippen LogP contribution in [0.25, 0.3) is 0 Å². The van der Waals surface area contributed by atoms with Crippen molar-refractivity contribution >= 4 is 11.8 Å². The van der Waals surface area contributed by atoms with Crippen LogP contribution < -0.4 is 5.32 Å². The van der Waals surface area contributed by atoms with Crippen LogP contribution in [0.5, 0.6) is 0 Å². The summed E-state index contributed by atoms with van der Waals surface area (Å²) in [5, 5.41) is 11.4. The fourth-order valence-corrected chi connectivity index (χ4v) is 1.39. The van der Waals surface area contributed by atoms with Gasteiger partial charge in [0.2, 0.25) is 11.8 Å². The highest BCUT2D eigenvalue weighted by molar-refractivity contribution is 5.97. The topological polar surface area (TPSA) is 69.6 Å². The molecule has 5 heteroatoms. The molecule has 0 aliphatic carbocycles. The molecule has 1 aliphatic rings. The minimum absolute atomic E-state index is 0.0366. The Kier molecular flexibility index (Phi) is 3.25. The number of aliphatic hydroxyl groups is 1. The van der Waals surface area contributed by atoms with Gasteiger partial charge in [0.25, 0.3) is 0 Å². The zero-order chi connectivity index (χ0) is 9.84. The third kappa shape index (κ3) is 2.69. The highest BCUT2D eigenvalue weighted by Gasteiger charge is 2.24. The molecule has 0 aromatic rings. The summed E-state index contributed by atoms with van der Waals surface area (Å²) in [7, 11) is 0. The first-order chi connectivity index (χ1) is 6.13. The number of hydrogen-bond acceptors (Lipinski definition) is 3. The number of rotatable bonds is 2. The number of β-amino-alcohol motifs (C(OH)–C–C–N with tert-alkyl or cyclic N) is 1. The first-order valence-electron chi connectivity index (χ1n) is 4.31. The van der Waals surface area contributed by atoms with Gasteiger partial charge in [0.15, 0.2) is 0 Å². The van der Waals surface area contributed by atoms with Gasteiger partial charge < -0.3 is 15.3 Å². The number of carbonyl (C=O) groups is 2. The van der Waals surface area contributed by atoms with Crippen molar-refractivity contribution in [3.63, 3.8) is 0 Å². The van der Waals surface area contributed by atoms with E-state index in [0.29, 0.717) is 13.1 Å². The molecule has 1 unspecified atom stereocenters. The van der Waals surface area contributed by atoms with Crippen LogP contribution in [0, 0.1) is 0 Å². The summed E-state index contributed by atoms with van der Waals surface area (Å²) >= 11 is 0. The summed E-state index contributed by atoms with van der Waals surface area (Å²) in [5.41, 5.74) is 0. The first-order valence-corrected chi connectivity index (χ1v) is 4.31. The van der Waals surface area contributed by atoms with Gasteiger partial charge in [-0.05, 0) is 6.92 Å². The number of carbonyl (C=O) groups excluding carboxylic acids is 2. The van der Waals surface area contributed by atoms with Crippen LogP contribution >= 0.6 is 0 Å². The Morgan fingerprint density at radius 3 is 2.92 bits per heavy atom. The van der Waals surface area contributed by atoms with E-state index in [4.69, 9.17) is 5.11 Å². The van der Waals surface area contributed by atoms with Crippen molar-refractivity contribution in [1.82, 2.24) is 10.2 Å². The third-order valence-electron chi connectivity index (χ3n) is 1.94. The molecule has 13 heavy (non-hydrogen) atoms. The highest BCUT2D eigenvalue weighted by atomic mass is 16.3. The largest absolute Gasteiger partial charge is 0.395 e. The molecule has 0 aromatic carbocycles. The number of aliphatic hydroxyl groups excluding tert-OH is 1. The van der Waals surface area contributed by atoms with Crippen LogP contribution in [0.1, 0.15) is 13.3 Å². The number of hydrogen-bond donors (Lipinski definition) is 2. The van der Waals surface area contributed by atoms with Crippen LogP contribution in [-0.4, -0.2) is 47.6 Å². The second kappa shape index (κ2) is 4.23. The molecule has 0 radical (unpaired) electrons. The van der Waals surface area contributed by atoms with E-state index >= 15 is 0 Å². The van der Waals surface area contributed by atoms with Crippen LogP contribution in [0.3, 0.4) is 0 Å². The van der Waals surface area contributed by atoms with Gasteiger partial charge in [-0.25, -0.2) is 0 Å².